The van der Waals surface area contributed by atoms with Crippen molar-refractivity contribution in [2.24, 2.45) is 0 Å². The van der Waals surface area contributed by atoms with E-state index in [4.69, 9.17) is 4.42 Å². The number of nitrogens with zero attached hydrogens (tertiary/aromatic N) is 2. The van der Waals surface area contributed by atoms with Gasteiger partial charge in [0.05, 0.1) is 27.8 Å². The third-order valence-electron chi connectivity index (χ3n) is 16.4. The molecule has 0 amide bonds. The molecule has 12 aromatic carbocycles. The van der Waals surface area contributed by atoms with Crippen LogP contribution in [-0.4, -0.2) is 4.57 Å². The van der Waals surface area contributed by atoms with Gasteiger partial charge < -0.3 is 13.9 Å². The van der Waals surface area contributed by atoms with Gasteiger partial charge in [0.15, 0.2) is 0 Å². The number of para-hydroxylation sites is 6. The third-order valence-corrected chi connectivity index (χ3v) is 16.4. The molecule has 0 saturated carbocycles. The summed E-state index contributed by atoms with van der Waals surface area (Å²) in [5.41, 5.74) is 25.2. The van der Waals surface area contributed by atoms with Gasteiger partial charge in [0.2, 0.25) is 0 Å². The molecule has 2 aromatic heterocycles. The van der Waals surface area contributed by atoms with Crippen molar-refractivity contribution in [1.82, 2.24) is 4.57 Å². The van der Waals surface area contributed by atoms with Gasteiger partial charge in [0.25, 0.3) is 0 Å². The molecule has 1 aliphatic heterocycles. The van der Waals surface area contributed by atoms with Crippen molar-refractivity contribution in [3.63, 3.8) is 0 Å². The maximum atomic E-state index is 6.54. The molecular weight excluding hydrogens is 921 g/mol. The minimum Gasteiger partial charge on any atom is -0.455 e. The number of aromatic nitrogens is 1. The first-order valence-electron chi connectivity index (χ1n) is 26.2. The van der Waals surface area contributed by atoms with Gasteiger partial charge in [-0.15, -0.1) is 0 Å². The van der Waals surface area contributed by atoms with E-state index in [1.165, 1.54) is 77.6 Å². The molecule has 16 rings (SSSR count). The van der Waals surface area contributed by atoms with Gasteiger partial charge in [-0.25, -0.2) is 0 Å². The Morgan fingerprint density at radius 2 is 0.882 bits per heavy atom. The summed E-state index contributed by atoms with van der Waals surface area (Å²) in [6.07, 6.45) is 0. The highest BCUT2D eigenvalue weighted by Gasteiger charge is 2.50. The molecule has 0 bridgehead atoms. The van der Waals surface area contributed by atoms with E-state index in [0.717, 1.165) is 66.8 Å². The molecule has 3 heteroatoms. The maximum Gasteiger partial charge on any atom is 0.143 e. The number of fused-ring (bicyclic) bond motifs is 15. The second kappa shape index (κ2) is 16.5. The molecule has 0 saturated heterocycles. The van der Waals surface area contributed by atoms with Crippen LogP contribution in [0.15, 0.2) is 283 Å². The first-order chi connectivity index (χ1) is 37.7. The predicted molar refractivity (Wildman–Crippen MR) is 315 cm³/mol. The van der Waals surface area contributed by atoms with Gasteiger partial charge >= 0.3 is 0 Å². The van der Waals surface area contributed by atoms with Crippen LogP contribution < -0.4 is 4.90 Å². The summed E-state index contributed by atoms with van der Waals surface area (Å²) in [6, 6.07) is 103. The second-order valence-corrected chi connectivity index (χ2v) is 20.3. The van der Waals surface area contributed by atoms with E-state index in [9.17, 15) is 0 Å². The first kappa shape index (κ1) is 42.5. The molecule has 14 aromatic rings. The predicted octanol–water partition coefficient (Wildman–Crippen LogP) is 19.5. The van der Waals surface area contributed by atoms with Crippen molar-refractivity contribution in [3.8, 4) is 61.3 Å². The van der Waals surface area contributed by atoms with E-state index in [2.05, 4.69) is 282 Å². The summed E-state index contributed by atoms with van der Waals surface area (Å²) in [7, 11) is 0. The van der Waals surface area contributed by atoms with Crippen LogP contribution in [0.2, 0.25) is 0 Å². The minimum absolute atomic E-state index is 0.546. The van der Waals surface area contributed by atoms with Crippen molar-refractivity contribution < 1.29 is 4.42 Å². The molecule has 1 aliphatic carbocycles. The van der Waals surface area contributed by atoms with Gasteiger partial charge in [0.1, 0.15) is 11.2 Å². The Labute approximate surface area is 440 Å². The van der Waals surface area contributed by atoms with Crippen LogP contribution in [0.3, 0.4) is 0 Å². The molecule has 0 radical (unpaired) electrons. The molecule has 1 spiro atoms. The van der Waals surface area contributed by atoms with Crippen LogP contribution in [0, 0.1) is 0 Å². The average molecular weight is 967 g/mol. The van der Waals surface area contributed by atoms with E-state index in [1.807, 2.05) is 6.07 Å². The molecule has 1 unspecified atom stereocenters. The number of furan rings is 1. The van der Waals surface area contributed by atoms with Crippen LogP contribution in [0.4, 0.5) is 17.1 Å². The third kappa shape index (κ3) is 6.11. The smallest absolute Gasteiger partial charge is 0.143 e. The molecule has 3 nitrogen and oxygen atoms in total. The summed E-state index contributed by atoms with van der Waals surface area (Å²) in [5, 5.41) is 4.81. The van der Waals surface area contributed by atoms with Crippen LogP contribution in [0.25, 0.3) is 105 Å². The van der Waals surface area contributed by atoms with Gasteiger partial charge in [-0.1, -0.05) is 224 Å². The van der Waals surface area contributed by atoms with Crippen LogP contribution >= 0.6 is 0 Å². The van der Waals surface area contributed by atoms with Crippen molar-refractivity contribution in [2.75, 3.05) is 4.90 Å². The number of anilines is 3. The maximum absolute atomic E-state index is 6.54. The molecule has 3 heterocycles. The van der Waals surface area contributed by atoms with Gasteiger partial charge in [-0.2, -0.15) is 0 Å². The number of hydrogen-bond acceptors (Lipinski definition) is 2. The summed E-state index contributed by atoms with van der Waals surface area (Å²) < 4.78 is 9.06. The zero-order valence-electron chi connectivity index (χ0n) is 41.4. The molecule has 2 aliphatic rings. The molecule has 76 heavy (non-hydrogen) atoms. The molecule has 0 fully saturated rings. The van der Waals surface area contributed by atoms with Crippen LogP contribution in [-0.2, 0) is 5.41 Å². The van der Waals surface area contributed by atoms with Gasteiger partial charge in [0, 0.05) is 44.0 Å². The summed E-state index contributed by atoms with van der Waals surface area (Å²) in [6.45, 7) is 0. The van der Waals surface area contributed by atoms with Gasteiger partial charge in [-0.3, -0.25) is 0 Å². The minimum atomic E-state index is -0.546. The Balaban J connectivity index is 0.872. The number of benzene rings is 12. The molecule has 0 N–H and O–H groups in total. The summed E-state index contributed by atoms with van der Waals surface area (Å²) in [4.78, 5) is 2.43. The van der Waals surface area contributed by atoms with Crippen molar-refractivity contribution in [2.45, 2.75) is 5.41 Å². The van der Waals surface area contributed by atoms with E-state index in [-0.39, 0.29) is 0 Å². The highest BCUT2D eigenvalue weighted by molar-refractivity contribution is 6.13. The lowest BCUT2D eigenvalue weighted by Gasteiger charge is -2.39. The second-order valence-electron chi connectivity index (χ2n) is 20.3. The Morgan fingerprint density at radius 1 is 0.316 bits per heavy atom. The number of hydrogen-bond donors (Lipinski definition) is 0. The van der Waals surface area contributed by atoms with Crippen molar-refractivity contribution in [1.29, 1.82) is 0 Å². The fourth-order valence-corrected chi connectivity index (χ4v) is 13.1. The molecule has 354 valence electrons. The quantitative estimate of drug-likeness (QED) is 0.159. The fourth-order valence-electron chi connectivity index (χ4n) is 13.1. The van der Waals surface area contributed by atoms with Crippen molar-refractivity contribution >= 4 is 60.8 Å². The van der Waals surface area contributed by atoms with E-state index < -0.39 is 5.41 Å². The standard InChI is InChI=1S/C73H46N2O/c1-2-17-47(18-3-1)48-35-37-49(38-36-48)55-21-5-10-31-67(55)74(53-42-39-50(40-43-53)56-25-15-27-62-60-24-7-13-34-70(60)76-72(56)62)54-20-14-19-51(45-54)52-41-44-58-57-22-4-8-28-63(57)73(66(58)46-52)64-29-9-12-33-69(64)75-68-32-11-6-23-59(68)61-26-16-30-65(73)71(61)75/h1-46H. The lowest BCUT2D eigenvalue weighted by Crippen LogP contribution is -2.33. The molecule has 1 atom stereocenters. The molecular formula is C73H46N2O. The van der Waals surface area contributed by atoms with Crippen molar-refractivity contribution in [3.05, 3.63) is 301 Å². The Morgan fingerprint density at radius 3 is 1.76 bits per heavy atom. The summed E-state index contributed by atoms with van der Waals surface area (Å²) >= 11 is 0. The normalized spacial score (nSPS) is 14.1. The topological polar surface area (TPSA) is 21.3 Å². The summed E-state index contributed by atoms with van der Waals surface area (Å²) in [5.74, 6) is 0. The number of rotatable bonds is 7. The Bertz CT molecular complexity index is 4640. The SMILES string of the molecule is c1ccc(-c2ccc(-c3ccccc3N(c3ccc(-c4cccc5c4oc4ccccc45)cc3)c3cccc(-c4ccc5c(c4)C4(c6ccccc6-5)c5ccccc5-n5c6ccccc6c6cccc4c65)c3)cc2)cc1. The first-order valence-corrected chi connectivity index (χ1v) is 26.2. The monoisotopic (exact) mass is 966 g/mol. The van der Waals surface area contributed by atoms with E-state index >= 15 is 0 Å². The van der Waals surface area contributed by atoms with Gasteiger partial charge in [-0.05, 0) is 121 Å². The largest absolute Gasteiger partial charge is 0.455 e. The van der Waals surface area contributed by atoms with Crippen LogP contribution in [0.5, 0.6) is 0 Å². The fraction of sp³-hybridized carbons (Fsp3) is 0.0137. The lowest BCUT2D eigenvalue weighted by atomic mass is 9.65. The zero-order chi connectivity index (χ0) is 49.9. The highest BCUT2D eigenvalue weighted by atomic mass is 16.3. The van der Waals surface area contributed by atoms with E-state index in [0.29, 0.717) is 0 Å². The Kier molecular flexibility index (Phi) is 9.25. The lowest BCUT2D eigenvalue weighted by molar-refractivity contribution is 0.670. The zero-order valence-corrected chi connectivity index (χ0v) is 41.4. The Hall–Kier alpha value is -9.96. The average Bonchev–Trinajstić information content (AvgIpc) is 4.34. The highest BCUT2D eigenvalue weighted by Crippen LogP contribution is 2.61. The van der Waals surface area contributed by atoms with Crippen LogP contribution in [0.1, 0.15) is 22.3 Å². The van der Waals surface area contributed by atoms with E-state index in [1.54, 1.807) is 0 Å².